The second-order valence-electron chi connectivity index (χ2n) is 5.97. The number of carbonyl (C=O) groups is 1. The number of aromatic nitrogens is 2. The molecule has 0 saturated heterocycles. The molecule has 0 aliphatic rings. The van der Waals surface area contributed by atoms with Crippen molar-refractivity contribution in [3.63, 3.8) is 0 Å². The van der Waals surface area contributed by atoms with Crippen LogP contribution in [-0.2, 0) is 16.1 Å². The Labute approximate surface area is 154 Å². The number of ether oxygens (including phenoxy) is 1. The van der Waals surface area contributed by atoms with E-state index in [1.807, 2.05) is 13.8 Å². The number of esters is 1. The number of benzene rings is 1. The maximum Gasteiger partial charge on any atom is 0.326 e. The summed E-state index contributed by atoms with van der Waals surface area (Å²) >= 11 is 1.40. The van der Waals surface area contributed by atoms with E-state index in [-0.39, 0.29) is 17.9 Å². The molecule has 0 bridgehead atoms. The molecule has 0 radical (unpaired) electrons. The summed E-state index contributed by atoms with van der Waals surface area (Å²) in [7, 11) is 0. The first kappa shape index (κ1) is 18.3. The average molecular weight is 374 g/mol. The predicted octanol–water partition coefficient (Wildman–Crippen LogP) is 3.92. The standard InChI is InChI=1S/C19H19FN2O3S/c1-3-4-9-25-15(23)10-22-11-21-18-17(19(22)24)16(12(2)26-18)13-5-7-14(20)8-6-13/h5-8,11H,3-4,9-10H2,1-2H3. The second-order valence-corrected chi connectivity index (χ2v) is 7.18. The highest BCUT2D eigenvalue weighted by Gasteiger charge is 2.18. The van der Waals surface area contributed by atoms with Crippen LogP contribution in [-0.4, -0.2) is 22.1 Å². The van der Waals surface area contributed by atoms with Crippen LogP contribution in [0.25, 0.3) is 21.3 Å². The number of carbonyl (C=O) groups excluding carboxylic acids is 1. The molecule has 3 aromatic rings. The van der Waals surface area contributed by atoms with E-state index in [4.69, 9.17) is 4.74 Å². The molecule has 2 heterocycles. The Balaban J connectivity index is 2.00. The van der Waals surface area contributed by atoms with Gasteiger partial charge in [0.15, 0.2) is 0 Å². The fraction of sp³-hybridized carbons (Fsp3) is 0.316. The van der Waals surface area contributed by atoms with Crippen LogP contribution in [0.5, 0.6) is 0 Å². The molecule has 0 unspecified atom stereocenters. The highest BCUT2D eigenvalue weighted by molar-refractivity contribution is 7.19. The molecule has 0 aliphatic heterocycles. The van der Waals surface area contributed by atoms with E-state index < -0.39 is 5.97 Å². The van der Waals surface area contributed by atoms with Crippen molar-refractivity contribution in [1.82, 2.24) is 9.55 Å². The maximum absolute atomic E-state index is 13.2. The molecule has 26 heavy (non-hydrogen) atoms. The third-order valence-electron chi connectivity index (χ3n) is 4.05. The number of hydrogen-bond donors (Lipinski definition) is 0. The first-order valence-electron chi connectivity index (χ1n) is 8.41. The number of fused-ring (bicyclic) bond motifs is 1. The summed E-state index contributed by atoms with van der Waals surface area (Å²) < 4.78 is 19.6. The molecule has 7 heteroatoms. The van der Waals surface area contributed by atoms with Gasteiger partial charge < -0.3 is 4.74 Å². The normalized spacial score (nSPS) is 11.0. The van der Waals surface area contributed by atoms with E-state index in [1.165, 1.54) is 34.4 Å². The van der Waals surface area contributed by atoms with Crippen molar-refractivity contribution in [3.05, 3.63) is 51.6 Å². The number of hydrogen-bond acceptors (Lipinski definition) is 5. The van der Waals surface area contributed by atoms with E-state index >= 15 is 0 Å². The lowest BCUT2D eigenvalue weighted by Crippen LogP contribution is -2.25. The van der Waals surface area contributed by atoms with E-state index in [1.54, 1.807) is 12.1 Å². The van der Waals surface area contributed by atoms with Gasteiger partial charge in [-0.15, -0.1) is 11.3 Å². The van der Waals surface area contributed by atoms with Crippen molar-refractivity contribution in [2.45, 2.75) is 33.2 Å². The quantitative estimate of drug-likeness (QED) is 0.485. The molecule has 0 saturated carbocycles. The van der Waals surface area contributed by atoms with Gasteiger partial charge in [-0.05, 0) is 31.0 Å². The lowest BCUT2D eigenvalue weighted by atomic mass is 10.0. The highest BCUT2D eigenvalue weighted by atomic mass is 32.1. The van der Waals surface area contributed by atoms with Gasteiger partial charge >= 0.3 is 5.97 Å². The van der Waals surface area contributed by atoms with Crippen molar-refractivity contribution in [1.29, 1.82) is 0 Å². The Bertz CT molecular complexity index is 992. The van der Waals surface area contributed by atoms with Gasteiger partial charge in [0, 0.05) is 10.4 Å². The maximum atomic E-state index is 13.2. The molecule has 5 nitrogen and oxygen atoms in total. The van der Waals surface area contributed by atoms with Gasteiger partial charge in [0.1, 0.15) is 17.2 Å². The first-order chi connectivity index (χ1) is 12.5. The van der Waals surface area contributed by atoms with Crippen LogP contribution in [0.4, 0.5) is 4.39 Å². The highest BCUT2D eigenvalue weighted by Crippen LogP contribution is 2.35. The Kier molecular flexibility index (Phi) is 5.46. The molecular formula is C19H19FN2O3S. The van der Waals surface area contributed by atoms with Crippen LogP contribution in [0.1, 0.15) is 24.6 Å². The van der Waals surface area contributed by atoms with Crippen LogP contribution in [0.15, 0.2) is 35.4 Å². The average Bonchev–Trinajstić information content (AvgIpc) is 2.95. The summed E-state index contributed by atoms with van der Waals surface area (Å²) in [4.78, 5) is 30.7. The molecule has 0 aliphatic carbocycles. The Hall–Kier alpha value is -2.54. The molecule has 3 rings (SSSR count). The summed E-state index contributed by atoms with van der Waals surface area (Å²) in [5.41, 5.74) is 1.18. The summed E-state index contributed by atoms with van der Waals surface area (Å²) in [6, 6.07) is 6.00. The molecule has 2 aromatic heterocycles. The molecule has 0 atom stereocenters. The number of nitrogens with zero attached hydrogens (tertiary/aromatic N) is 2. The molecule has 0 amide bonds. The van der Waals surface area contributed by atoms with Gasteiger partial charge in [-0.3, -0.25) is 14.2 Å². The number of rotatable bonds is 6. The summed E-state index contributed by atoms with van der Waals surface area (Å²) in [5.74, 6) is -0.798. The smallest absolute Gasteiger partial charge is 0.326 e. The molecule has 0 spiro atoms. The van der Waals surface area contributed by atoms with Crippen LogP contribution < -0.4 is 5.56 Å². The largest absolute Gasteiger partial charge is 0.464 e. The van der Waals surface area contributed by atoms with Crippen LogP contribution in [0.2, 0.25) is 0 Å². The third-order valence-corrected chi connectivity index (χ3v) is 5.06. The van der Waals surface area contributed by atoms with Crippen molar-refractivity contribution in [2.24, 2.45) is 0 Å². The van der Waals surface area contributed by atoms with Gasteiger partial charge in [-0.2, -0.15) is 0 Å². The molecule has 0 N–H and O–H groups in total. The predicted molar refractivity (Wildman–Crippen MR) is 99.9 cm³/mol. The van der Waals surface area contributed by atoms with Gasteiger partial charge in [0.25, 0.3) is 5.56 Å². The minimum atomic E-state index is -0.461. The topological polar surface area (TPSA) is 61.2 Å². The minimum absolute atomic E-state index is 0.177. The first-order valence-corrected chi connectivity index (χ1v) is 9.23. The Morgan fingerprint density at radius 3 is 2.73 bits per heavy atom. The van der Waals surface area contributed by atoms with Crippen LogP contribution >= 0.6 is 11.3 Å². The van der Waals surface area contributed by atoms with E-state index in [2.05, 4.69) is 4.98 Å². The SMILES string of the molecule is CCCCOC(=O)Cn1cnc2sc(C)c(-c3ccc(F)cc3)c2c1=O. The molecule has 0 fully saturated rings. The van der Waals surface area contributed by atoms with E-state index in [0.717, 1.165) is 28.8 Å². The zero-order valence-electron chi connectivity index (χ0n) is 14.6. The van der Waals surface area contributed by atoms with Crippen molar-refractivity contribution < 1.29 is 13.9 Å². The van der Waals surface area contributed by atoms with Crippen molar-refractivity contribution in [3.8, 4) is 11.1 Å². The van der Waals surface area contributed by atoms with Crippen molar-refractivity contribution in [2.75, 3.05) is 6.61 Å². The molecule has 136 valence electrons. The second kappa shape index (κ2) is 7.78. The molecular weight excluding hydrogens is 355 g/mol. The minimum Gasteiger partial charge on any atom is -0.464 e. The fourth-order valence-corrected chi connectivity index (χ4v) is 3.73. The lowest BCUT2D eigenvalue weighted by Gasteiger charge is -2.07. The Morgan fingerprint density at radius 1 is 1.31 bits per heavy atom. The van der Waals surface area contributed by atoms with Crippen LogP contribution in [0.3, 0.4) is 0 Å². The van der Waals surface area contributed by atoms with E-state index in [0.29, 0.717) is 16.8 Å². The summed E-state index contributed by atoms with van der Waals surface area (Å²) in [6.07, 6.45) is 3.09. The zero-order chi connectivity index (χ0) is 18.7. The third kappa shape index (κ3) is 3.67. The molecule has 1 aromatic carbocycles. The number of unbranched alkanes of at least 4 members (excludes halogenated alkanes) is 1. The van der Waals surface area contributed by atoms with Crippen molar-refractivity contribution >= 4 is 27.5 Å². The van der Waals surface area contributed by atoms with Gasteiger partial charge in [0.2, 0.25) is 0 Å². The monoisotopic (exact) mass is 374 g/mol. The van der Waals surface area contributed by atoms with Gasteiger partial charge in [0.05, 0.1) is 18.3 Å². The number of halogens is 1. The summed E-state index contributed by atoms with van der Waals surface area (Å²) in [6.45, 7) is 4.07. The zero-order valence-corrected chi connectivity index (χ0v) is 15.4. The fourth-order valence-electron chi connectivity index (χ4n) is 2.73. The van der Waals surface area contributed by atoms with Gasteiger partial charge in [-0.1, -0.05) is 25.5 Å². The van der Waals surface area contributed by atoms with Gasteiger partial charge in [-0.25, -0.2) is 9.37 Å². The lowest BCUT2D eigenvalue weighted by molar-refractivity contribution is -0.144. The van der Waals surface area contributed by atoms with E-state index in [9.17, 15) is 14.0 Å². The number of aryl methyl sites for hydroxylation is 1. The summed E-state index contributed by atoms with van der Waals surface area (Å²) in [5, 5.41) is 0.447. The Morgan fingerprint density at radius 2 is 2.04 bits per heavy atom. The van der Waals surface area contributed by atoms with Crippen LogP contribution in [0, 0.1) is 12.7 Å². The number of thiophene rings is 1.